The van der Waals surface area contributed by atoms with Gasteiger partial charge in [-0.05, 0) is 0 Å². The third-order valence-electron chi connectivity index (χ3n) is 1.24. The Morgan fingerprint density at radius 2 is 2.50 bits per heavy atom. The van der Waals surface area contributed by atoms with Crippen LogP contribution in [0.5, 0.6) is 0 Å². The van der Waals surface area contributed by atoms with Crippen LogP contribution < -0.4 is 0 Å². The molecule has 0 radical (unpaired) electrons. The molecule has 0 bridgehead atoms. The van der Waals surface area contributed by atoms with E-state index in [0.717, 1.165) is 0 Å². The molecule has 0 atom stereocenters. The maximum absolute atomic E-state index is 10.9. The van der Waals surface area contributed by atoms with Crippen molar-refractivity contribution in [3.05, 3.63) is 12.3 Å². The summed E-state index contributed by atoms with van der Waals surface area (Å²) in [6.45, 7) is 0.106. The fraction of sp³-hybridized carbons (Fsp3) is 0.200. The average Bonchev–Trinajstić information content (AvgIpc) is 2.36. The molecule has 1 aromatic rings. The van der Waals surface area contributed by atoms with E-state index in [1.165, 1.54) is 10.9 Å². The van der Waals surface area contributed by atoms with Gasteiger partial charge in [0.15, 0.2) is 5.82 Å². The fourth-order valence-electron chi connectivity index (χ4n) is 0.800. The molecule has 0 aromatic carbocycles. The van der Waals surface area contributed by atoms with Crippen molar-refractivity contribution in [3.8, 4) is 0 Å². The number of carbonyl (C=O) groups is 1. The minimum atomic E-state index is -0.130. The molecule has 5 nitrogen and oxygen atoms in total. The number of fused-ring (bicyclic) bond motifs is 1. The summed E-state index contributed by atoms with van der Waals surface area (Å²) in [4.78, 5) is 10.9. The van der Waals surface area contributed by atoms with E-state index in [1.54, 1.807) is 6.07 Å². The first-order valence-electron chi connectivity index (χ1n) is 2.82. The Kier molecular flexibility index (Phi) is 0.913. The molecule has 2 heterocycles. The third kappa shape index (κ3) is 0.570. The van der Waals surface area contributed by atoms with Gasteiger partial charge in [-0.1, -0.05) is 0 Å². The monoisotopic (exact) mass is 136 g/mol. The van der Waals surface area contributed by atoms with Gasteiger partial charge in [-0.25, -0.2) is 0 Å². The van der Waals surface area contributed by atoms with Gasteiger partial charge in [0.2, 0.25) is 0 Å². The molecule has 0 aliphatic carbocycles. The molecular weight excluding hydrogens is 132 g/mol. The van der Waals surface area contributed by atoms with Crippen molar-refractivity contribution in [1.82, 2.24) is 9.78 Å². The van der Waals surface area contributed by atoms with E-state index in [0.29, 0.717) is 5.82 Å². The molecule has 1 aromatic heterocycles. The standard InChI is InChI=1S/C5H4N4O/c10-5-3-6-8-4-1-2-7-9(4)5/h1-2H,3H2. The van der Waals surface area contributed by atoms with E-state index in [1.807, 2.05) is 0 Å². The number of aromatic nitrogens is 2. The van der Waals surface area contributed by atoms with Crippen molar-refractivity contribution >= 4 is 11.7 Å². The Hall–Kier alpha value is -1.52. The van der Waals surface area contributed by atoms with E-state index in [4.69, 9.17) is 0 Å². The van der Waals surface area contributed by atoms with Crippen molar-refractivity contribution in [2.75, 3.05) is 6.54 Å². The minimum Gasteiger partial charge on any atom is -0.270 e. The maximum atomic E-state index is 10.9. The molecule has 0 N–H and O–H groups in total. The quantitative estimate of drug-likeness (QED) is 0.524. The molecule has 10 heavy (non-hydrogen) atoms. The van der Waals surface area contributed by atoms with Gasteiger partial charge in [-0.3, -0.25) is 4.79 Å². The van der Waals surface area contributed by atoms with E-state index in [2.05, 4.69) is 15.3 Å². The van der Waals surface area contributed by atoms with E-state index >= 15 is 0 Å². The Morgan fingerprint density at radius 3 is 3.30 bits per heavy atom. The lowest BCUT2D eigenvalue weighted by Crippen LogP contribution is -2.16. The van der Waals surface area contributed by atoms with Crippen molar-refractivity contribution < 1.29 is 4.79 Å². The highest BCUT2D eigenvalue weighted by Crippen LogP contribution is 2.14. The Labute approximate surface area is 56.4 Å². The highest BCUT2D eigenvalue weighted by molar-refractivity contribution is 5.83. The number of hydrogen-bond acceptors (Lipinski definition) is 4. The van der Waals surface area contributed by atoms with Crippen molar-refractivity contribution in [2.24, 2.45) is 10.2 Å². The van der Waals surface area contributed by atoms with Gasteiger partial charge in [0.1, 0.15) is 6.54 Å². The number of rotatable bonds is 0. The van der Waals surface area contributed by atoms with Crippen LogP contribution in [0, 0.1) is 0 Å². The van der Waals surface area contributed by atoms with Crippen LogP contribution in [-0.4, -0.2) is 22.2 Å². The van der Waals surface area contributed by atoms with E-state index < -0.39 is 0 Å². The highest BCUT2D eigenvalue weighted by atomic mass is 16.2. The summed E-state index contributed by atoms with van der Waals surface area (Å²) in [5.41, 5.74) is 0. The molecule has 50 valence electrons. The summed E-state index contributed by atoms with van der Waals surface area (Å²) in [6, 6.07) is 1.64. The molecule has 2 rings (SSSR count). The lowest BCUT2D eigenvalue weighted by molar-refractivity contribution is 0.0903. The molecule has 1 aliphatic heterocycles. The third-order valence-corrected chi connectivity index (χ3v) is 1.24. The predicted octanol–water partition coefficient (Wildman–Crippen LogP) is 0.621. The van der Waals surface area contributed by atoms with Crippen LogP contribution in [0.1, 0.15) is 4.79 Å². The van der Waals surface area contributed by atoms with Crippen molar-refractivity contribution in [1.29, 1.82) is 0 Å². The lowest BCUT2D eigenvalue weighted by Gasteiger charge is -2.02. The Bertz CT molecular complexity index is 300. The van der Waals surface area contributed by atoms with Gasteiger partial charge in [-0.15, -0.1) is 5.11 Å². The second kappa shape index (κ2) is 1.73. The number of azo groups is 1. The smallest absolute Gasteiger partial charge is 0.270 e. The van der Waals surface area contributed by atoms with Crippen LogP contribution in [0.25, 0.3) is 0 Å². The van der Waals surface area contributed by atoms with Crippen LogP contribution in [0.15, 0.2) is 22.5 Å². The first-order chi connectivity index (χ1) is 4.88. The predicted molar refractivity (Wildman–Crippen MR) is 32.2 cm³/mol. The molecule has 1 aliphatic rings. The van der Waals surface area contributed by atoms with Gasteiger partial charge in [0.25, 0.3) is 5.91 Å². The zero-order valence-electron chi connectivity index (χ0n) is 5.06. The fourth-order valence-corrected chi connectivity index (χ4v) is 0.800. The molecule has 5 heteroatoms. The topological polar surface area (TPSA) is 59.6 Å². The van der Waals surface area contributed by atoms with Gasteiger partial charge >= 0.3 is 0 Å². The van der Waals surface area contributed by atoms with Gasteiger partial charge in [0, 0.05) is 6.07 Å². The molecule has 0 saturated heterocycles. The second-order valence-corrected chi connectivity index (χ2v) is 1.89. The minimum absolute atomic E-state index is 0.106. The van der Waals surface area contributed by atoms with E-state index in [-0.39, 0.29) is 12.5 Å². The van der Waals surface area contributed by atoms with Crippen LogP contribution in [0.2, 0.25) is 0 Å². The Morgan fingerprint density at radius 1 is 1.60 bits per heavy atom. The normalized spacial score (nSPS) is 15.4. The number of carbonyl (C=O) groups excluding carboxylic acids is 1. The van der Waals surface area contributed by atoms with E-state index in [9.17, 15) is 4.79 Å². The van der Waals surface area contributed by atoms with Crippen molar-refractivity contribution in [2.45, 2.75) is 0 Å². The summed E-state index contributed by atoms with van der Waals surface area (Å²) in [7, 11) is 0. The molecular formula is C5H4N4O. The Balaban J connectivity index is 2.62. The summed E-state index contributed by atoms with van der Waals surface area (Å²) in [5.74, 6) is 0.381. The number of nitrogens with zero attached hydrogens (tertiary/aromatic N) is 4. The zero-order chi connectivity index (χ0) is 6.97. The van der Waals surface area contributed by atoms with Crippen LogP contribution in [-0.2, 0) is 0 Å². The summed E-state index contributed by atoms with van der Waals surface area (Å²) in [6.07, 6.45) is 1.53. The van der Waals surface area contributed by atoms with Crippen molar-refractivity contribution in [3.63, 3.8) is 0 Å². The second-order valence-electron chi connectivity index (χ2n) is 1.89. The molecule has 0 saturated carbocycles. The lowest BCUT2D eigenvalue weighted by atomic mass is 10.5. The van der Waals surface area contributed by atoms with Crippen LogP contribution in [0.4, 0.5) is 5.82 Å². The number of hydrogen-bond donors (Lipinski definition) is 0. The first kappa shape index (κ1) is 5.28. The van der Waals surface area contributed by atoms with Gasteiger partial charge in [0.05, 0.1) is 6.20 Å². The van der Waals surface area contributed by atoms with Crippen LogP contribution in [0.3, 0.4) is 0 Å². The maximum Gasteiger partial charge on any atom is 0.272 e. The van der Waals surface area contributed by atoms with Crippen LogP contribution >= 0.6 is 0 Å². The van der Waals surface area contributed by atoms with Gasteiger partial charge < -0.3 is 0 Å². The summed E-state index contributed by atoms with van der Waals surface area (Å²) >= 11 is 0. The molecule has 0 amide bonds. The summed E-state index contributed by atoms with van der Waals surface area (Å²) < 4.78 is 1.24. The zero-order valence-corrected chi connectivity index (χ0v) is 5.06. The molecule has 0 spiro atoms. The first-order valence-corrected chi connectivity index (χ1v) is 2.82. The highest BCUT2D eigenvalue weighted by Gasteiger charge is 2.13. The SMILES string of the molecule is O=C1CN=Nc2ccnn21. The molecule has 0 unspecified atom stereocenters. The molecule has 0 fully saturated rings. The van der Waals surface area contributed by atoms with Gasteiger partial charge in [-0.2, -0.15) is 14.9 Å². The summed E-state index contributed by atoms with van der Waals surface area (Å²) in [5, 5.41) is 11.0. The average molecular weight is 136 g/mol. The largest absolute Gasteiger partial charge is 0.272 e.